The van der Waals surface area contributed by atoms with E-state index < -0.39 is 49.0 Å². The van der Waals surface area contributed by atoms with Crippen LogP contribution in [-0.2, 0) is 19.6 Å². The molecule has 4 saturated carbocycles. The molecule has 4 aliphatic rings. The van der Waals surface area contributed by atoms with Crippen LogP contribution in [0.15, 0.2) is 0 Å². The summed E-state index contributed by atoms with van der Waals surface area (Å²) in [5, 5.41) is 16.7. The lowest BCUT2D eigenvalue weighted by atomic mass is 9.37. The molecule has 28 heavy (non-hydrogen) atoms. The molecule has 0 aromatic heterocycles. The topological polar surface area (TPSA) is 121 Å². The second-order valence-corrected chi connectivity index (χ2v) is 11.7. The third kappa shape index (κ3) is 2.98. The zero-order valence-corrected chi connectivity index (χ0v) is 17.3. The average Bonchev–Trinajstić information content (AvgIpc) is 2.41. The van der Waals surface area contributed by atoms with Crippen LogP contribution in [0.4, 0.5) is 8.78 Å². The van der Waals surface area contributed by atoms with Gasteiger partial charge in [-0.3, -0.25) is 4.55 Å². The second-order valence-electron chi connectivity index (χ2n) is 10.3. The van der Waals surface area contributed by atoms with Crippen LogP contribution in [0.2, 0.25) is 0 Å². The van der Waals surface area contributed by atoms with Gasteiger partial charge in [0.2, 0.25) is 0 Å². The predicted molar refractivity (Wildman–Crippen MR) is 94.0 cm³/mol. The molecule has 4 fully saturated rings. The molecule has 4 aliphatic carbocycles. The minimum Gasteiger partial charge on any atom is -0.454 e. The SMILES string of the molecule is CC(C)(O)C12CC3CC(OC(=O)C(F)(F)S(=O)(=O)O)(C1)CC(C(C)(C)O)(C3)C2. The maximum Gasteiger partial charge on any atom is 0.465 e. The first-order valence-electron chi connectivity index (χ1n) is 9.31. The highest BCUT2D eigenvalue weighted by atomic mass is 32.2. The van der Waals surface area contributed by atoms with Crippen LogP contribution < -0.4 is 0 Å². The quantitative estimate of drug-likeness (QED) is 0.455. The molecule has 3 N–H and O–H groups in total. The lowest BCUT2D eigenvalue weighted by Crippen LogP contribution is -2.70. The largest absolute Gasteiger partial charge is 0.465 e. The smallest absolute Gasteiger partial charge is 0.454 e. The summed E-state index contributed by atoms with van der Waals surface area (Å²) < 4.78 is 63.5. The fourth-order valence-corrected chi connectivity index (χ4v) is 6.44. The zero-order chi connectivity index (χ0) is 21.6. The third-order valence-electron chi connectivity index (χ3n) is 7.48. The number of esters is 1. The van der Waals surface area contributed by atoms with Crippen molar-refractivity contribution in [1.82, 2.24) is 0 Å². The van der Waals surface area contributed by atoms with E-state index in [9.17, 15) is 32.2 Å². The van der Waals surface area contributed by atoms with Gasteiger partial charge in [0.15, 0.2) is 0 Å². The first-order valence-corrected chi connectivity index (χ1v) is 10.8. The molecule has 0 spiro atoms. The molecule has 0 aliphatic heterocycles. The molecule has 4 rings (SSSR count). The molecule has 0 aromatic carbocycles. The Kier molecular flexibility index (Phi) is 4.41. The summed E-state index contributed by atoms with van der Waals surface area (Å²) in [5.41, 5.74) is -5.46. The number of aliphatic hydroxyl groups is 2. The van der Waals surface area contributed by atoms with E-state index in [1.54, 1.807) is 27.7 Å². The fourth-order valence-electron chi connectivity index (χ4n) is 6.19. The molecule has 0 radical (unpaired) electrons. The van der Waals surface area contributed by atoms with Crippen molar-refractivity contribution in [3.8, 4) is 0 Å². The van der Waals surface area contributed by atoms with Gasteiger partial charge in [-0.05, 0) is 72.1 Å². The summed E-state index contributed by atoms with van der Waals surface area (Å²) >= 11 is 0. The monoisotopic (exact) mass is 426 g/mol. The van der Waals surface area contributed by atoms with Gasteiger partial charge in [-0.15, -0.1) is 0 Å². The number of carbonyl (C=O) groups excluding carboxylic acids is 1. The Morgan fingerprint density at radius 1 is 0.964 bits per heavy atom. The van der Waals surface area contributed by atoms with Crippen molar-refractivity contribution in [2.24, 2.45) is 16.7 Å². The van der Waals surface area contributed by atoms with Crippen LogP contribution in [0.25, 0.3) is 0 Å². The van der Waals surface area contributed by atoms with Gasteiger partial charge in [-0.25, -0.2) is 4.79 Å². The molecule has 162 valence electrons. The van der Waals surface area contributed by atoms with Crippen molar-refractivity contribution in [2.75, 3.05) is 0 Å². The van der Waals surface area contributed by atoms with Crippen LogP contribution in [0.1, 0.15) is 66.2 Å². The van der Waals surface area contributed by atoms with Crippen LogP contribution in [0.3, 0.4) is 0 Å². The number of halogens is 2. The summed E-state index contributed by atoms with van der Waals surface area (Å²) in [7, 11) is -5.98. The van der Waals surface area contributed by atoms with Crippen molar-refractivity contribution in [3.63, 3.8) is 0 Å². The van der Waals surface area contributed by atoms with E-state index in [1.165, 1.54) is 0 Å². The number of rotatable bonds is 5. The summed E-state index contributed by atoms with van der Waals surface area (Å²) in [6, 6.07) is 0. The van der Waals surface area contributed by atoms with E-state index in [2.05, 4.69) is 0 Å². The number of hydrogen-bond acceptors (Lipinski definition) is 6. The first-order chi connectivity index (χ1) is 12.3. The van der Waals surface area contributed by atoms with E-state index in [0.717, 1.165) is 0 Å². The van der Waals surface area contributed by atoms with Crippen LogP contribution >= 0.6 is 0 Å². The number of ether oxygens (including phenoxy) is 1. The zero-order valence-electron chi connectivity index (χ0n) is 16.5. The van der Waals surface area contributed by atoms with Gasteiger partial charge in [0.05, 0.1) is 11.2 Å². The van der Waals surface area contributed by atoms with Crippen LogP contribution in [0.5, 0.6) is 0 Å². The van der Waals surface area contributed by atoms with Crippen LogP contribution in [-0.4, -0.2) is 51.2 Å². The molecule has 4 bridgehead atoms. The molecule has 0 heterocycles. The number of carbonyl (C=O) groups is 1. The van der Waals surface area contributed by atoms with Crippen molar-refractivity contribution in [3.05, 3.63) is 0 Å². The number of hydrogen-bond donors (Lipinski definition) is 3. The van der Waals surface area contributed by atoms with Crippen LogP contribution in [0, 0.1) is 16.7 Å². The fraction of sp³-hybridized carbons (Fsp3) is 0.944. The average molecular weight is 426 g/mol. The van der Waals surface area contributed by atoms with E-state index in [1.807, 2.05) is 0 Å². The van der Waals surface area contributed by atoms with E-state index in [-0.39, 0.29) is 25.2 Å². The highest BCUT2D eigenvalue weighted by Crippen LogP contribution is 2.72. The normalized spacial score (nSPS) is 38.5. The van der Waals surface area contributed by atoms with E-state index in [0.29, 0.717) is 19.3 Å². The van der Waals surface area contributed by atoms with Gasteiger partial charge >= 0.3 is 21.3 Å². The lowest BCUT2D eigenvalue weighted by Gasteiger charge is -2.70. The van der Waals surface area contributed by atoms with E-state index >= 15 is 0 Å². The summed E-state index contributed by atoms with van der Waals surface area (Å²) in [5.74, 6) is -2.41. The van der Waals surface area contributed by atoms with Gasteiger partial charge < -0.3 is 14.9 Å². The van der Waals surface area contributed by atoms with Crippen molar-refractivity contribution >= 4 is 16.1 Å². The lowest BCUT2D eigenvalue weighted by molar-refractivity contribution is -0.288. The Morgan fingerprint density at radius 2 is 1.39 bits per heavy atom. The van der Waals surface area contributed by atoms with Gasteiger partial charge in [-0.2, -0.15) is 17.2 Å². The van der Waals surface area contributed by atoms with Crippen molar-refractivity contribution in [2.45, 2.75) is 88.3 Å². The van der Waals surface area contributed by atoms with Gasteiger partial charge in [0.25, 0.3) is 0 Å². The second kappa shape index (κ2) is 5.65. The molecule has 0 saturated heterocycles. The minimum atomic E-state index is -5.98. The third-order valence-corrected chi connectivity index (χ3v) is 8.30. The Balaban J connectivity index is 2.06. The summed E-state index contributed by atoms with van der Waals surface area (Å²) in [6.45, 7) is 6.45. The molecule has 10 heteroatoms. The van der Waals surface area contributed by atoms with Gasteiger partial charge in [0.1, 0.15) is 5.60 Å². The first kappa shape index (κ1) is 21.9. The Morgan fingerprint density at radius 3 is 1.75 bits per heavy atom. The summed E-state index contributed by atoms with van der Waals surface area (Å²) in [6.07, 6.45) is 2.06. The Bertz CT molecular complexity index is 764. The maximum absolute atomic E-state index is 13.9. The maximum atomic E-state index is 13.9. The Hall–Kier alpha value is -0.840. The molecule has 2 unspecified atom stereocenters. The van der Waals surface area contributed by atoms with Gasteiger partial charge in [0, 0.05) is 10.8 Å². The highest BCUT2D eigenvalue weighted by molar-refractivity contribution is 7.87. The molecular weight excluding hydrogens is 398 g/mol. The van der Waals surface area contributed by atoms with E-state index in [4.69, 9.17) is 9.29 Å². The standard InChI is InChI=1S/C18H28F2O7S/c1-13(2,22)15-5-11-6-16(8-15,14(3,4)23)10-17(7-11,9-15)27-12(21)18(19,20)28(24,25)26/h11,22-23H,5-10H2,1-4H3,(H,24,25,26). The molecule has 0 amide bonds. The number of alkyl halides is 2. The molecule has 0 aromatic rings. The Labute approximate surface area is 163 Å². The molecule has 7 nitrogen and oxygen atoms in total. The predicted octanol–water partition coefficient (Wildman–Crippen LogP) is 2.26. The molecule has 2 atom stereocenters. The summed E-state index contributed by atoms with van der Waals surface area (Å²) in [4.78, 5) is 12.1. The highest BCUT2D eigenvalue weighted by Gasteiger charge is 2.72. The molecular formula is C18H28F2O7S. The van der Waals surface area contributed by atoms with Gasteiger partial charge in [-0.1, -0.05) is 0 Å². The minimum absolute atomic E-state index is 0.0822. The van der Waals surface area contributed by atoms with Crippen molar-refractivity contribution in [1.29, 1.82) is 0 Å². The van der Waals surface area contributed by atoms with Crippen molar-refractivity contribution < 1.29 is 41.5 Å².